The molecule has 202 valence electrons. The van der Waals surface area contributed by atoms with Crippen molar-refractivity contribution in [2.24, 2.45) is 0 Å². The van der Waals surface area contributed by atoms with Crippen LogP contribution in [0.5, 0.6) is 0 Å². The first-order chi connectivity index (χ1) is 21.3. The molecule has 0 atom stereocenters. The standard InChI is InChI=1S/C40H26N2S/c1-3-9-27(10-4-1)28-17-20-31(21-18-28)41(30-12-5-2-6-13-30)32-22-24-33(25-23-32)42-34-14-8-16-37-39(34)40-35(42)26-19-29-11-7-15-36(43-37)38(29)40/h1-26H. The smallest absolute Gasteiger partial charge is 0.0552 e. The minimum Gasteiger partial charge on any atom is -0.311 e. The normalized spacial score (nSPS) is 12.1. The van der Waals surface area contributed by atoms with Gasteiger partial charge in [0.2, 0.25) is 0 Å². The summed E-state index contributed by atoms with van der Waals surface area (Å²) in [5.41, 5.74) is 9.49. The summed E-state index contributed by atoms with van der Waals surface area (Å²) in [6.45, 7) is 0. The third kappa shape index (κ3) is 3.82. The average Bonchev–Trinajstić information content (AvgIpc) is 3.42. The highest BCUT2D eigenvalue weighted by Crippen LogP contribution is 2.50. The van der Waals surface area contributed by atoms with E-state index >= 15 is 0 Å². The van der Waals surface area contributed by atoms with Gasteiger partial charge in [0.15, 0.2) is 0 Å². The zero-order chi connectivity index (χ0) is 28.3. The van der Waals surface area contributed by atoms with Crippen LogP contribution in [-0.4, -0.2) is 4.57 Å². The first kappa shape index (κ1) is 24.4. The molecule has 9 rings (SSSR count). The van der Waals surface area contributed by atoms with Crippen LogP contribution in [0.3, 0.4) is 0 Å². The van der Waals surface area contributed by atoms with Gasteiger partial charge in [-0.05, 0) is 89.3 Å². The molecule has 0 radical (unpaired) electrons. The molecule has 0 N–H and O–H groups in total. The molecule has 0 bridgehead atoms. The molecule has 1 aliphatic rings. The average molecular weight is 567 g/mol. The fourth-order valence-corrected chi connectivity index (χ4v) is 7.80. The van der Waals surface area contributed by atoms with Gasteiger partial charge in [-0.1, -0.05) is 96.7 Å². The summed E-state index contributed by atoms with van der Waals surface area (Å²) >= 11 is 1.89. The number of nitrogens with zero attached hydrogens (tertiary/aromatic N) is 2. The van der Waals surface area contributed by atoms with Crippen LogP contribution in [0.4, 0.5) is 17.1 Å². The van der Waals surface area contributed by atoms with Crippen LogP contribution in [0.15, 0.2) is 168 Å². The fraction of sp³-hybridized carbons (Fsp3) is 0. The van der Waals surface area contributed by atoms with Crippen molar-refractivity contribution in [1.82, 2.24) is 4.57 Å². The molecule has 43 heavy (non-hydrogen) atoms. The first-order valence-electron chi connectivity index (χ1n) is 14.6. The van der Waals surface area contributed by atoms with E-state index in [1.807, 2.05) is 11.8 Å². The van der Waals surface area contributed by atoms with E-state index in [2.05, 4.69) is 167 Å². The van der Waals surface area contributed by atoms with Crippen molar-refractivity contribution < 1.29 is 0 Å². The molecule has 0 saturated heterocycles. The predicted molar refractivity (Wildman–Crippen MR) is 183 cm³/mol. The highest BCUT2D eigenvalue weighted by atomic mass is 32.2. The van der Waals surface area contributed by atoms with Gasteiger partial charge < -0.3 is 9.47 Å². The van der Waals surface area contributed by atoms with Gasteiger partial charge in [0.05, 0.1) is 11.0 Å². The monoisotopic (exact) mass is 566 g/mol. The van der Waals surface area contributed by atoms with E-state index in [1.54, 1.807) is 0 Å². The molecule has 0 aliphatic carbocycles. The number of hydrogen-bond acceptors (Lipinski definition) is 2. The topological polar surface area (TPSA) is 8.17 Å². The Morgan fingerprint density at radius 2 is 0.977 bits per heavy atom. The quantitative estimate of drug-likeness (QED) is 0.205. The molecule has 1 aromatic heterocycles. The minimum absolute atomic E-state index is 1.12. The molecule has 7 aromatic carbocycles. The van der Waals surface area contributed by atoms with E-state index < -0.39 is 0 Å². The maximum absolute atomic E-state index is 2.43. The molecule has 8 aromatic rings. The Kier molecular flexibility index (Phi) is 5.47. The summed E-state index contributed by atoms with van der Waals surface area (Å²) in [5, 5.41) is 5.41. The molecule has 0 unspecified atom stereocenters. The van der Waals surface area contributed by atoms with Gasteiger partial charge in [-0.15, -0.1) is 0 Å². The third-order valence-corrected chi connectivity index (χ3v) is 9.67. The molecule has 0 amide bonds. The Hall–Kier alpha value is -5.25. The Morgan fingerprint density at radius 1 is 0.395 bits per heavy atom. The molecule has 2 nitrogen and oxygen atoms in total. The van der Waals surface area contributed by atoms with Crippen molar-refractivity contribution in [3.63, 3.8) is 0 Å². The number of para-hydroxylation sites is 1. The van der Waals surface area contributed by atoms with Crippen molar-refractivity contribution >= 4 is 61.4 Å². The number of rotatable bonds is 5. The van der Waals surface area contributed by atoms with Crippen LogP contribution in [0, 0.1) is 0 Å². The van der Waals surface area contributed by atoms with Gasteiger partial charge in [0.25, 0.3) is 0 Å². The highest BCUT2D eigenvalue weighted by molar-refractivity contribution is 8.00. The Balaban J connectivity index is 1.18. The van der Waals surface area contributed by atoms with Crippen LogP contribution < -0.4 is 4.90 Å². The Bertz CT molecular complexity index is 2290. The SMILES string of the molecule is c1ccc(-c2ccc(N(c3ccccc3)c3ccc(-n4c5cccc6c5c5c7c(cccc7ccc54)S6)cc3)cc2)cc1. The molecule has 0 saturated carbocycles. The number of anilines is 3. The van der Waals surface area contributed by atoms with E-state index in [9.17, 15) is 0 Å². The highest BCUT2D eigenvalue weighted by Gasteiger charge is 2.23. The van der Waals surface area contributed by atoms with Gasteiger partial charge in [-0.3, -0.25) is 0 Å². The predicted octanol–water partition coefficient (Wildman–Crippen LogP) is 11.5. The maximum Gasteiger partial charge on any atom is 0.0552 e. The zero-order valence-corrected chi connectivity index (χ0v) is 24.1. The van der Waals surface area contributed by atoms with Crippen molar-refractivity contribution in [3.8, 4) is 16.8 Å². The lowest BCUT2D eigenvalue weighted by molar-refractivity contribution is 1.17. The van der Waals surface area contributed by atoms with Gasteiger partial charge in [-0.2, -0.15) is 0 Å². The first-order valence-corrected chi connectivity index (χ1v) is 15.4. The summed E-state index contributed by atoms with van der Waals surface area (Å²) in [5.74, 6) is 0. The summed E-state index contributed by atoms with van der Waals surface area (Å²) < 4.78 is 2.43. The van der Waals surface area contributed by atoms with E-state index in [0.717, 1.165) is 22.7 Å². The lowest BCUT2D eigenvalue weighted by Crippen LogP contribution is -2.10. The lowest BCUT2D eigenvalue weighted by atomic mass is 10.0. The third-order valence-electron chi connectivity index (χ3n) is 8.55. The summed E-state index contributed by atoms with van der Waals surface area (Å²) in [6, 6.07) is 57.0. The molecule has 3 heteroatoms. The van der Waals surface area contributed by atoms with E-state index in [0.29, 0.717) is 0 Å². The fourth-order valence-electron chi connectivity index (χ4n) is 6.64. The minimum atomic E-state index is 1.12. The van der Waals surface area contributed by atoms with Gasteiger partial charge in [0, 0.05) is 48.7 Å². The van der Waals surface area contributed by atoms with Crippen LogP contribution in [0.25, 0.3) is 49.4 Å². The lowest BCUT2D eigenvalue weighted by Gasteiger charge is -2.26. The summed E-state index contributed by atoms with van der Waals surface area (Å²) in [6.07, 6.45) is 0. The number of hydrogen-bond donors (Lipinski definition) is 0. The molecule has 0 spiro atoms. The molecular formula is C40H26N2S. The van der Waals surface area contributed by atoms with Crippen LogP contribution in [-0.2, 0) is 0 Å². The summed E-state index contributed by atoms with van der Waals surface area (Å²) in [7, 11) is 0. The maximum atomic E-state index is 2.43. The van der Waals surface area contributed by atoms with Crippen LogP contribution >= 0.6 is 11.8 Å². The van der Waals surface area contributed by atoms with Crippen LogP contribution in [0.1, 0.15) is 0 Å². The number of aromatic nitrogens is 1. The molecule has 2 heterocycles. The van der Waals surface area contributed by atoms with Gasteiger partial charge in [0.1, 0.15) is 0 Å². The van der Waals surface area contributed by atoms with Crippen molar-refractivity contribution in [1.29, 1.82) is 0 Å². The summed E-state index contributed by atoms with van der Waals surface area (Å²) in [4.78, 5) is 5.00. The molecule has 1 aliphatic heterocycles. The van der Waals surface area contributed by atoms with Crippen molar-refractivity contribution in [2.45, 2.75) is 9.79 Å². The van der Waals surface area contributed by atoms with Crippen molar-refractivity contribution in [3.05, 3.63) is 158 Å². The Morgan fingerprint density at radius 3 is 1.72 bits per heavy atom. The second kappa shape index (κ2) is 9.65. The van der Waals surface area contributed by atoms with E-state index in [1.165, 1.54) is 53.5 Å². The van der Waals surface area contributed by atoms with E-state index in [4.69, 9.17) is 0 Å². The number of benzene rings is 7. The van der Waals surface area contributed by atoms with E-state index in [-0.39, 0.29) is 0 Å². The van der Waals surface area contributed by atoms with Gasteiger partial charge in [-0.25, -0.2) is 0 Å². The van der Waals surface area contributed by atoms with Crippen molar-refractivity contribution in [2.75, 3.05) is 4.90 Å². The second-order valence-electron chi connectivity index (χ2n) is 11.0. The zero-order valence-electron chi connectivity index (χ0n) is 23.3. The Labute approximate surface area is 254 Å². The van der Waals surface area contributed by atoms with Crippen LogP contribution in [0.2, 0.25) is 0 Å². The second-order valence-corrected chi connectivity index (χ2v) is 12.1. The molecular weight excluding hydrogens is 541 g/mol. The molecule has 0 fully saturated rings. The largest absolute Gasteiger partial charge is 0.311 e. The van der Waals surface area contributed by atoms with Gasteiger partial charge >= 0.3 is 0 Å².